The molecule has 1 unspecified atom stereocenters. The number of amides is 2. The minimum absolute atomic E-state index is 0.0110. The van der Waals surface area contributed by atoms with Crippen LogP contribution in [0.15, 0.2) is 29.3 Å². The van der Waals surface area contributed by atoms with Crippen LogP contribution in [0.25, 0.3) is 0 Å². The largest absolute Gasteiger partial charge is 0.486 e. The second kappa shape index (κ2) is 11.0. The summed E-state index contributed by atoms with van der Waals surface area (Å²) in [5.41, 5.74) is -4.12. The average Bonchev–Trinajstić information content (AvgIpc) is 3.19. The number of hydrogen-bond acceptors (Lipinski definition) is 7. The van der Waals surface area contributed by atoms with Gasteiger partial charge >= 0.3 is 18.8 Å². The molecule has 1 aromatic heterocycles. The van der Waals surface area contributed by atoms with Crippen molar-refractivity contribution in [1.82, 2.24) is 15.1 Å². The number of nitrogens with one attached hydrogen (secondary N) is 2. The summed E-state index contributed by atoms with van der Waals surface area (Å²) in [4.78, 5) is 23.4. The smallest absolute Gasteiger partial charge is 0.427 e. The second-order valence-corrected chi connectivity index (χ2v) is 12.4. The van der Waals surface area contributed by atoms with E-state index in [1.807, 2.05) is 0 Å². The number of fused-ring (bicyclic) bond motifs is 1. The van der Waals surface area contributed by atoms with E-state index in [0.29, 0.717) is 20.0 Å². The van der Waals surface area contributed by atoms with Crippen LogP contribution in [0.1, 0.15) is 53.3 Å². The van der Waals surface area contributed by atoms with E-state index in [2.05, 4.69) is 20.5 Å². The molecule has 1 aromatic carbocycles. The molecule has 0 fully saturated rings. The van der Waals surface area contributed by atoms with Crippen LogP contribution >= 0.6 is 0 Å². The third-order valence-corrected chi connectivity index (χ3v) is 7.94. The van der Waals surface area contributed by atoms with Crippen LogP contribution in [0.4, 0.5) is 38.1 Å². The lowest BCUT2D eigenvalue weighted by Crippen LogP contribution is -2.50. The van der Waals surface area contributed by atoms with Crippen molar-refractivity contribution in [3.05, 3.63) is 30.1 Å². The molecular formula is C24H30F5N5O6S. The summed E-state index contributed by atoms with van der Waals surface area (Å²) in [5.74, 6) is -0.320. The lowest BCUT2D eigenvalue weighted by atomic mass is 9.95. The van der Waals surface area contributed by atoms with Crippen molar-refractivity contribution in [2.75, 3.05) is 16.2 Å². The van der Waals surface area contributed by atoms with Crippen molar-refractivity contribution < 1.29 is 49.4 Å². The van der Waals surface area contributed by atoms with Gasteiger partial charge in [0.25, 0.3) is 10.0 Å². The Morgan fingerprint density at radius 3 is 2.37 bits per heavy atom. The number of hydrogen-bond donors (Lipinski definition) is 2. The quantitative estimate of drug-likeness (QED) is 0.413. The van der Waals surface area contributed by atoms with Crippen LogP contribution in [0, 0.1) is 6.92 Å². The molecule has 11 nitrogen and oxygen atoms in total. The molecule has 2 heterocycles. The van der Waals surface area contributed by atoms with Crippen molar-refractivity contribution in [3.8, 4) is 5.75 Å². The summed E-state index contributed by atoms with van der Waals surface area (Å²) in [7, 11) is -4.57. The first kappa shape index (κ1) is 31.9. The van der Waals surface area contributed by atoms with E-state index in [1.165, 1.54) is 26.0 Å². The monoisotopic (exact) mass is 611 g/mol. The Morgan fingerprint density at radius 1 is 1.20 bits per heavy atom. The predicted octanol–water partition coefficient (Wildman–Crippen LogP) is 4.74. The molecule has 1 aliphatic rings. The minimum atomic E-state index is -4.86. The van der Waals surface area contributed by atoms with E-state index in [1.54, 1.807) is 13.8 Å². The molecule has 0 spiro atoms. The predicted molar refractivity (Wildman–Crippen MR) is 136 cm³/mol. The highest BCUT2D eigenvalue weighted by molar-refractivity contribution is 7.92. The first-order valence-electron chi connectivity index (χ1n) is 12.2. The zero-order valence-electron chi connectivity index (χ0n) is 23.0. The summed E-state index contributed by atoms with van der Waals surface area (Å²) in [5, 5.41) is 8.43. The lowest BCUT2D eigenvalue weighted by molar-refractivity contribution is -0.242. The number of sulfonamides is 1. The van der Waals surface area contributed by atoms with Gasteiger partial charge in [0.05, 0.1) is 24.1 Å². The van der Waals surface area contributed by atoms with Gasteiger partial charge in [0, 0.05) is 24.6 Å². The van der Waals surface area contributed by atoms with E-state index in [9.17, 15) is 40.0 Å². The molecule has 228 valence electrons. The lowest BCUT2D eigenvalue weighted by Gasteiger charge is -2.38. The molecule has 2 aromatic rings. The maximum atomic E-state index is 13.8. The fourth-order valence-electron chi connectivity index (χ4n) is 4.19. The zero-order chi connectivity index (χ0) is 31.1. The molecule has 1 aliphatic heterocycles. The summed E-state index contributed by atoms with van der Waals surface area (Å²) < 4.78 is 105. The summed E-state index contributed by atoms with van der Waals surface area (Å²) in [6, 6.07) is 3.68. The minimum Gasteiger partial charge on any atom is -0.486 e. The van der Waals surface area contributed by atoms with Gasteiger partial charge in [-0.25, -0.2) is 17.9 Å². The Morgan fingerprint density at radius 2 is 1.83 bits per heavy atom. The van der Waals surface area contributed by atoms with Gasteiger partial charge in [0.2, 0.25) is 11.5 Å². The molecule has 2 amide bonds. The standard InChI is InChI=1S/C24H30F5N5O6S/c1-13-19(12-33(32-13)20(25)26)41(37,38)34-11-16(10-22(3,4)31-14(2)35)39-18-8-7-15(9-17(18)34)30-21(36)40-23(5,6)24(27,28)29/h7-9,12,16,20H,10-11H2,1-6H3,(H,30,36)(H,31,35). The fourth-order valence-corrected chi connectivity index (χ4v) is 5.85. The van der Waals surface area contributed by atoms with Gasteiger partial charge in [0.15, 0.2) is 0 Å². The molecule has 0 saturated heterocycles. The first-order chi connectivity index (χ1) is 18.6. The van der Waals surface area contributed by atoms with Crippen molar-refractivity contribution in [1.29, 1.82) is 0 Å². The number of aryl methyl sites for hydroxylation is 1. The molecule has 3 rings (SSSR count). The fraction of sp³-hybridized carbons (Fsp3) is 0.542. The van der Waals surface area contributed by atoms with Crippen LogP contribution in [0.3, 0.4) is 0 Å². The first-order valence-corrected chi connectivity index (χ1v) is 13.6. The van der Waals surface area contributed by atoms with Crippen LogP contribution in [0.5, 0.6) is 5.75 Å². The third kappa shape index (κ3) is 7.18. The summed E-state index contributed by atoms with van der Waals surface area (Å²) in [6.07, 6.45) is -6.34. The normalized spacial score (nSPS) is 16.2. The van der Waals surface area contributed by atoms with Crippen LogP contribution in [-0.4, -0.2) is 60.2 Å². The SMILES string of the molecule is CC(=O)NC(C)(C)CC1CN(S(=O)(=O)c2cn(C(F)F)nc2C)c2cc(NC(=O)OC(C)(C)C(F)(F)F)ccc2O1. The van der Waals surface area contributed by atoms with E-state index < -0.39 is 51.0 Å². The number of rotatable bonds is 8. The van der Waals surface area contributed by atoms with Crippen molar-refractivity contribution >= 4 is 33.4 Å². The van der Waals surface area contributed by atoms with Crippen LogP contribution in [-0.2, 0) is 19.6 Å². The third-order valence-electron chi connectivity index (χ3n) is 6.06. The Labute approximate surface area is 233 Å². The number of carbonyl (C=O) groups is 2. The van der Waals surface area contributed by atoms with Crippen LogP contribution < -0.4 is 19.7 Å². The van der Waals surface area contributed by atoms with Crippen LogP contribution in [0.2, 0.25) is 0 Å². The van der Waals surface area contributed by atoms with Gasteiger partial charge < -0.3 is 14.8 Å². The highest BCUT2D eigenvalue weighted by Crippen LogP contribution is 2.41. The van der Waals surface area contributed by atoms with Crippen molar-refractivity contribution in [3.63, 3.8) is 0 Å². The van der Waals surface area contributed by atoms with Crippen molar-refractivity contribution in [2.24, 2.45) is 0 Å². The number of nitrogens with zero attached hydrogens (tertiary/aromatic N) is 3. The van der Waals surface area contributed by atoms with Gasteiger partial charge in [-0.1, -0.05) is 0 Å². The number of benzene rings is 1. The van der Waals surface area contributed by atoms with Gasteiger partial charge in [-0.05, 0) is 52.8 Å². The van der Waals surface area contributed by atoms with Gasteiger partial charge in [-0.2, -0.15) is 27.1 Å². The molecule has 0 radical (unpaired) electrons. The zero-order valence-corrected chi connectivity index (χ0v) is 23.8. The van der Waals surface area contributed by atoms with Crippen molar-refractivity contribution in [2.45, 2.75) is 82.8 Å². The van der Waals surface area contributed by atoms with E-state index in [-0.39, 0.29) is 46.4 Å². The molecule has 1 atom stereocenters. The Balaban J connectivity index is 2.02. The van der Waals surface area contributed by atoms with Gasteiger partial charge in [-0.15, -0.1) is 0 Å². The van der Waals surface area contributed by atoms with E-state index in [0.717, 1.165) is 10.4 Å². The number of anilines is 2. The number of alkyl halides is 5. The molecule has 0 saturated carbocycles. The number of aromatic nitrogens is 2. The molecule has 0 aliphatic carbocycles. The molecule has 41 heavy (non-hydrogen) atoms. The highest BCUT2D eigenvalue weighted by atomic mass is 32.2. The van der Waals surface area contributed by atoms with Gasteiger partial charge in [0.1, 0.15) is 16.7 Å². The number of ether oxygens (including phenoxy) is 2. The average molecular weight is 612 g/mol. The maximum Gasteiger partial charge on any atom is 0.427 e. The topological polar surface area (TPSA) is 132 Å². The Hall–Kier alpha value is -3.63. The highest BCUT2D eigenvalue weighted by Gasteiger charge is 2.51. The van der Waals surface area contributed by atoms with Gasteiger partial charge in [-0.3, -0.25) is 14.4 Å². The molecule has 17 heteroatoms. The Kier molecular flexibility index (Phi) is 8.54. The number of carbonyl (C=O) groups excluding carboxylic acids is 2. The Bertz CT molecular complexity index is 1420. The summed E-state index contributed by atoms with van der Waals surface area (Å²) >= 11 is 0. The van der Waals surface area contributed by atoms with E-state index in [4.69, 9.17) is 4.74 Å². The molecular weight excluding hydrogens is 581 g/mol. The second-order valence-electron chi connectivity index (χ2n) is 10.6. The molecule has 2 N–H and O–H groups in total. The summed E-state index contributed by atoms with van der Waals surface area (Å²) in [6.45, 7) is 3.82. The molecule has 0 bridgehead atoms. The van der Waals surface area contributed by atoms with E-state index >= 15 is 0 Å². The number of halogens is 5. The maximum absolute atomic E-state index is 13.8.